The average Bonchev–Trinajstić information content (AvgIpc) is 2.30. The Bertz CT molecular complexity index is 387. The lowest BCUT2D eigenvalue weighted by Crippen LogP contribution is -2.20. The van der Waals surface area contributed by atoms with E-state index in [2.05, 4.69) is 22.2 Å². The van der Waals surface area contributed by atoms with E-state index in [1.807, 2.05) is 0 Å². The third-order valence-corrected chi connectivity index (χ3v) is 2.06. The van der Waals surface area contributed by atoms with Crippen molar-refractivity contribution in [1.82, 2.24) is 9.97 Å². The van der Waals surface area contributed by atoms with Crippen molar-refractivity contribution in [3.63, 3.8) is 0 Å². The first-order valence-electron chi connectivity index (χ1n) is 5.27. The molecule has 1 heterocycles. The molecule has 17 heavy (non-hydrogen) atoms. The van der Waals surface area contributed by atoms with Crippen LogP contribution in [0.1, 0.15) is 19.8 Å². The highest BCUT2D eigenvalue weighted by atomic mass is 32.1. The Kier molecular flexibility index (Phi) is 5.41. The fourth-order valence-corrected chi connectivity index (χ4v) is 1.26. The largest absolute Gasteiger partial charge is 0.479 e. The second-order valence-electron chi connectivity index (χ2n) is 3.25. The van der Waals surface area contributed by atoms with E-state index >= 15 is 0 Å². The molecule has 1 rings (SSSR count). The van der Waals surface area contributed by atoms with Crippen molar-refractivity contribution in [3.8, 4) is 11.8 Å². The SMILES string of the molecule is CCCCOc1ncnc(OC)c1NC(N)=S. The van der Waals surface area contributed by atoms with Crippen LogP contribution in [0.2, 0.25) is 0 Å². The average molecular weight is 256 g/mol. The lowest BCUT2D eigenvalue weighted by molar-refractivity contribution is 0.295. The van der Waals surface area contributed by atoms with Crippen molar-refractivity contribution in [1.29, 1.82) is 0 Å². The summed E-state index contributed by atoms with van der Waals surface area (Å²) in [6.07, 6.45) is 3.35. The zero-order valence-electron chi connectivity index (χ0n) is 9.90. The lowest BCUT2D eigenvalue weighted by atomic mass is 10.4. The molecule has 0 aliphatic heterocycles. The molecular weight excluding hydrogens is 240 g/mol. The van der Waals surface area contributed by atoms with Gasteiger partial charge < -0.3 is 20.5 Å². The Labute approximate surface area is 106 Å². The Morgan fingerprint density at radius 3 is 2.76 bits per heavy atom. The summed E-state index contributed by atoms with van der Waals surface area (Å²) in [6.45, 7) is 2.65. The maximum absolute atomic E-state index is 5.51. The summed E-state index contributed by atoms with van der Waals surface area (Å²) in [7, 11) is 1.50. The summed E-state index contributed by atoms with van der Waals surface area (Å²) < 4.78 is 10.6. The van der Waals surface area contributed by atoms with Gasteiger partial charge in [0, 0.05) is 0 Å². The van der Waals surface area contributed by atoms with Crippen molar-refractivity contribution in [2.45, 2.75) is 19.8 Å². The van der Waals surface area contributed by atoms with E-state index in [0.29, 0.717) is 24.1 Å². The van der Waals surface area contributed by atoms with E-state index < -0.39 is 0 Å². The van der Waals surface area contributed by atoms with Crippen LogP contribution in [0.5, 0.6) is 11.8 Å². The number of nitrogens with one attached hydrogen (secondary N) is 1. The van der Waals surface area contributed by atoms with Gasteiger partial charge in [-0.15, -0.1) is 0 Å². The molecule has 94 valence electrons. The van der Waals surface area contributed by atoms with E-state index in [-0.39, 0.29) is 5.11 Å². The maximum Gasteiger partial charge on any atom is 0.245 e. The molecule has 0 fully saturated rings. The van der Waals surface area contributed by atoms with E-state index in [1.165, 1.54) is 13.4 Å². The molecule has 3 N–H and O–H groups in total. The monoisotopic (exact) mass is 256 g/mol. The molecule has 0 radical (unpaired) electrons. The number of thiocarbonyl (C=S) groups is 1. The Morgan fingerprint density at radius 2 is 2.18 bits per heavy atom. The fourth-order valence-electron chi connectivity index (χ4n) is 1.16. The molecule has 7 heteroatoms. The molecule has 1 aromatic rings. The van der Waals surface area contributed by atoms with Gasteiger partial charge in [-0.05, 0) is 18.6 Å². The van der Waals surface area contributed by atoms with Crippen molar-refractivity contribution < 1.29 is 9.47 Å². The summed E-state index contributed by atoms with van der Waals surface area (Å²) in [5, 5.41) is 2.86. The minimum atomic E-state index is 0.110. The number of methoxy groups -OCH3 is 1. The first-order chi connectivity index (χ1) is 8.19. The highest BCUT2D eigenvalue weighted by molar-refractivity contribution is 7.80. The van der Waals surface area contributed by atoms with E-state index in [0.717, 1.165) is 12.8 Å². The van der Waals surface area contributed by atoms with Gasteiger partial charge in [-0.2, -0.15) is 9.97 Å². The number of nitrogens with zero attached hydrogens (tertiary/aromatic N) is 2. The maximum atomic E-state index is 5.51. The van der Waals surface area contributed by atoms with Gasteiger partial charge in [0.05, 0.1) is 13.7 Å². The zero-order valence-corrected chi connectivity index (χ0v) is 10.7. The van der Waals surface area contributed by atoms with Crippen LogP contribution in [-0.4, -0.2) is 28.8 Å². The van der Waals surface area contributed by atoms with Crippen LogP contribution in [0.3, 0.4) is 0 Å². The molecule has 0 bridgehead atoms. The number of hydrogen-bond acceptors (Lipinski definition) is 5. The quantitative estimate of drug-likeness (QED) is 0.586. The Morgan fingerprint density at radius 1 is 1.47 bits per heavy atom. The highest BCUT2D eigenvalue weighted by Crippen LogP contribution is 2.29. The summed E-state index contributed by atoms with van der Waals surface area (Å²) in [4.78, 5) is 7.97. The number of anilines is 1. The summed E-state index contributed by atoms with van der Waals surface area (Å²) >= 11 is 4.78. The van der Waals surface area contributed by atoms with Gasteiger partial charge in [0.2, 0.25) is 11.8 Å². The summed E-state index contributed by atoms with van der Waals surface area (Å²) in [6, 6.07) is 0. The molecule has 0 spiro atoms. The van der Waals surface area contributed by atoms with Gasteiger partial charge in [0.1, 0.15) is 6.33 Å². The first kappa shape index (κ1) is 13.4. The molecule has 0 atom stereocenters. The first-order valence-corrected chi connectivity index (χ1v) is 5.68. The fraction of sp³-hybridized carbons (Fsp3) is 0.500. The van der Waals surface area contributed by atoms with Crippen molar-refractivity contribution in [3.05, 3.63) is 6.33 Å². The number of aromatic nitrogens is 2. The van der Waals surface area contributed by atoms with E-state index in [4.69, 9.17) is 27.4 Å². The Hall–Kier alpha value is -1.63. The molecule has 0 unspecified atom stereocenters. The zero-order chi connectivity index (χ0) is 12.7. The van der Waals surface area contributed by atoms with Crippen LogP contribution in [0.15, 0.2) is 6.33 Å². The minimum absolute atomic E-state index is 0.110. The number of hydrogen-bond donors (Lipinski definition) is 2. The third kappa shape index (κ3) is 4.03. The second-order valence-corrected chi connectivity index (χ2v) is 3.69. The third-order valence-electron chi connectivity index (χ3n) is 1.96. The molecule has 0 aromatic carbocycles. The van der Waals surface area contributed by atoms with Gasteiger partial charge in [-0.1, -0.05) is 13.3 Å². The van der Waals surface area contributed by atoms with Crippen LogP contribution in [-0.2, 0) is 0 Å². The number of unbranched alkanes of at least 4 members (excludes halogenated alkanes) is 1. The molecule has 0 amide bonds. The smallest absolute Gasteiger partial charge is 0.245 e. The second kappa shape index (κ2) is 6.85. The number of rotatable bonds is 6. The molecule has 0 aliphatic rings. The summed E-state index contributed by atoms with van der Waals surface area (Å²) in [5.41, 5.74) is 5.88. The van der Waals surface area contributed by atoms with E-state index in [9.17, 15) is 0 Å². The van der Waals surface area contributed by atoms with Gasteiger partial charge in [0.15, 0.2) is 10.8 Å². The Balaban J connectivity index is 2.89. The van der Waals surface area contributed by atoms with Crippen LogP contribution in [0.4, 0.5) is 5.69 Å². The van der Waals surface area contributed by atoms with Crippen LogP contribution in [0.25, 0.3) is 0 Å². The molecule has 0 aliphatic carbocycles. The molecule has 0 saturated carbocycles. The van der Waals surface area contributed by atoms with Crippen LogP contribution in [0, 0.1) is 0 Å². The number of nitrogens with two attached hydrogens (primary N) is 1. The molecule has 1 aromatic heterocycles. The molecule has 6 nitrogen and oxygen atoms in total. The number of ether oxygens (including phenoxy) is 2. The topological polar surface area (TPSA) is 82.3 Å². The summed E-state index contributed by atoms with van der Waals surface area (Å²) in [5.74, 6) is 0.734. The van der Waals surface area contributed by atoms with Crippen molar-refractivity contribution >= 4 is 23.0 Å². The highest BCUT2D eigenvalue weighted by Gasteiger charge is 2.13. The van der Waals surface area contributed by atoms with Crippen molar-refractivity contribution in [2.24, 2.45) is 5.73 Å². The predicted octanol–water partition coefficient (Wildman–Crippen LogP) is 1.32. The van der Waals surface area contributed by atoms with Gasteiger partial charge in [0.25, 0.3) is 0 Å². The molecule has 0 saturated heterocycles. The normalized spacial score (nSPS) is 9.76. The van der Waals surface area contributed by atoms with Crippen LogP contribution < -0.4 is 20.5 Å². The molecular formula is C10H16N4O2S. The standard InChI is InChI=1S/C10H16N4O2S/c1-3-4-5-16-9-7(14-10(11)17)8(15-2)12-6-13-9/h6H,3-5H2,1-2H3,(H3,11,14,17). The minimum Gasteiger partial charge on any atom is -0.479 e. The lowest BCUT2D eigenvalue weighted by Gasteiger charge is -2.13. The van der Waals surface area contributed by atoms with Crippen molar-refractivity contribution in [2.75, 3.05) is 19.0 Å². The van der Waals surface area contributed by atoms with Gasteiger partial charge in [-0.3, -0.25) is 0 Å². The van der Waals surface area contributed by atoms with Gasteiger partial charge >= 0.3 is 0 Å². The van der Waals surface area contributed by atoms with E-state index in [1.54, 1.807) is 0 Å². The predicted molar refractivity (Wildman–Crippen MR) is 69.4 cm³/mol. The van der Waals surface area contributed by atoms with Gasteiger partial charge in [-0.25, -0.2) is 0 Å². The van der Waals surface area contributed by atoms with Crippen LogP contribution >= 0.6 is 12.2 Å².